The van der Waals surface area contributed by atoms with Gasteiger partial charge in [0.2, 0.25) is 0 Å². The Hall–Kier alpha value is -2.10. The van der Waals surface area contributed by atoms with Crippen molar-refractivity contribution in [1.29, 1.82) is 0 Å². The van der Waals surface area contributed by atoms with Crippen LogP contribution >= 0.6 is 0 Å². The Morgan fingerprint density at radius 2 is 2.11 bits per heavy atom. The first-order valence-corrected chi connectivity index (χ1v) is 6.69. The summed E-state index contributed by atoms with van der Waals surface area (Å²) < 4.78 is 5.82. The van der Waals surface area contributed by atoms with Crippen LogP contribution in [-0.4, -0.2) is 22.6 Å². The second kappa shape index (κ2) is 5.26. The zero-order valence-corrected chi connectivity index (χ0v) is 11.0. The molecule has 0 amide bonds. The topological polar surface area (TPSA) is 47.0 Å². The average molecular weight is 255 g/mol. The summed E-state index contributed by atoms with van der Waals surface area (Å²) in [7, 11) is 0. The maximum Gasteiger partial charge on any atom is 0.152 e. The minimum atomic E-state index is 0.408. The molecule has 4 nitrogen and oxygen atoms in total. The molecule has 1 fully saturated rings. The molecule has 1 saturated carbocycles. The van der Waals surface area contributed by atoms with Crippen LogP contribution in [0.4, 0.5) is 5.82 Å². The average Bonchev–Trinajstić information content (AvgIpc) is 3.24. The van der Waals surface area contributed by atoms with E-state index in [9.17, 15) is 0 Å². The predicted octanol–water partition coefficient (Wildman–Crippen LogP) is 3.12. The van der Waals surface area contributed by atoms with Crippen LogP contribution < -0.4 is 10.1 Å². The van der Waals surface area contributed by atoms with Gasteiger partial charge in [0.25, 0.3) is 0 Å². The Balaban J connectivity index is 1.91. The number of benzene rings is 1. The summed E-state index contributed by atoms with van der Waals surface area (Å²) >= 11 is 0. The third kappa shape index (κ3) is 2.84. The molecule has 1 aromatic heterocycles. The summed E-state index contributed by atoms with van der Waals surface area (Å²) in [6, 6.07) is 8.05. The number of hydrogen-bond acceptors (Lipinski definition) is 4. The molecular formula is C15H17N3O. The molecule has 98 valence electrons. The predicted molar refractivity (Wildman–Crippen MR) is 75.3 cm³/mol. The van der Waals surface area contributed by atoms with Crippen molar-refractivity contribution in [3.63, 3.8) is 0 Å². The van der Waals surface area contributed by atoms with Gasteiger partial charge in [0, 0.05) is 24.5 Å². The van der Waals surface area contributed by atoms with Crippen molar-refractivity contribution in [3.05, 3.63) is 36.7 Å². The Morgan fingerprint density at radius 3 is 2.89 bits per heavy atom. The first kappa shape index (κ1) is 12.0. The van der Waals surface area contributed by atoms with Gasteiger partial charge in [0.1, 0.15) is 11.4 Å². The van der Waals surface area contributed by atoms with E-state index in [1.54, 1.807) is 12.4 Å². The van der Waals surface area contributed by atoms with E-state index in [2.05, 4.69) is 15.3 Å². The molecule has 0 bridgehead atoms. The van der Waals surface area contributed by atoms with Gasteiger partial charge < -0.3 is 10.1 Å². The van der Waals surface area contributed by atoms with E-state index in [0.29, 0.717) is 6.10 Å². The van der Waals surface area contributed by atoms with Crippen LogP contribution in [0.15, 0.2) is 36.7 Å². The zero-order chi connectivity index (χ0) is 13.1. The Labute approximate surface area is 112 Å². The van der Waals surface area contributed by atoms with Gasteiger partial charge in [-0.2, -0.15) is 0 Å². The van der Waals surface area contributed by atoms with Crippen LogP contribution in [0, 0.1) is 0 Å². The lowest BCUT2D eigenvalue weighted by molar-refractivity contribution is 0.303. The van der Waals surface area contributed by atoms with Gasteiger partial charge in [-0.1, -0.05) is 12.1 Å². The van der Waals surface area contributed by atoms with Crippen molar-refractivity contribution in [2.24, 2.45) is 0 Å². The summed E-state index contributed by atoms with van der Waals surface area (Å²) in [4.78, 5) is 8.76. The van der Waals surface area contributed by atoms with Gasteiger partial charge >= 0.3 is 0 Å². The first-order valence-electron chi connectivity index (χ1n) is 6.69. The highest BCUT2D eigenvalue weighted by atomic mass is 16.5. The second-order valence-electron chi connectivity index (χ2n) is 4.63. The molecule has 0 aliphatic heterocycles. The summed E-state index contributed by atoms with van der Waals surface area (Å²) in [5.41, 5.74) is 1.90. The van der Waals surface area contributed by atoms with Crippen molar-refractivity contribution < 1.29 is 4.74 Å². The van der Waals surface area contributed by atoms with Crippen LogP contribution in [0.25, 0.3) is 11.3 Å². The molecule has 1 aliphatic carbocycles. The fourth-order valence-electron chi connectivity index (χ4n) is 1.94. The van der Waals surface area contributed by atoms with Gasteiger partial charge in [-0.15, -0.1) is 0 Å². The molecule has 0 atom stereocenters. The molecule has 1 aromatic carbocycles. The van der Waals surface area contributed by atoms with Gasteiger partial charge in [0.15, 0.2) is 5.82 Å². The van der Waals surface area contributed by atoms with Crippen LogP contribution in [0.2, 0.25) is 0 Å². The van der Waals surface area contributed by atoms with E-state index in [0.717, 1.165) is 42.2 Å². The summed E-state index contributed by atoms with van der Waals surface area (Å²) in [5.74, 6) is 1.72. The maximum absolute atomic E-state index is 5.82. The fraction of sp³-hybridized carbons (Fsp3) is 0.333. The zero-order valence-electron chi connectivity index (χ0n) is 11.0. The summed E-state index contributed by atoms with van der Waals surface area (Å²) in [6.45, 7) is 2.87. The second-order valence-corrected chi connectivity index (χ2v) is 4.63. The Morgan fingerprint density at radius 1 is 1.26 bits per heavy atom. The lowest BCUT2D eigenvalue weighted by Crippen LogP contribution is -2.02. The number of aromatic nitrogens is 2. The third-order valence-electron chi connectivity index (χ3n) is 2.98. The highest BCUT2D eigenvalue weighted by Crippen LogP contribution is 2.30. The molecule has 4 heteroatoms. The molecule has 0 radical (unpaired) electrons. The Kier molecular flexibility index (Phi) is 3.31. The first-order chi connectivity index (χ1) is 9.36. The number of rotatable bonds is 5. The normalized spacial score (nSPS) is 14.2. The van der Waals surface area contributed by atoms with Crippen LogP contribution in [0.1, 0.15) is 19.8 Å². The van der Waals surface area contributed by atoms with E-state index in [4.69, 9.17) is 4.74 Å². The highest BCUT2D eigenvalue weighted by molar-refractivity contribution is 5.72. The van der Waals surface area contributed by atoms with Gasteiger partial charge in [-0.3, -0.25) is 4.98 Å². The molecule has 2 aromatic rings. The van der Waals surface area contributed by atoms with Crippen molar-refractivity contribution in [1.82, 2.24) is 9.97 Å². The number of nitrogens with one attached hydrogen (secondary N) is 1. The van der Waals surface area contributed by atoms with Crippen molar-refractivity contribution in [2.75, 3.05) is 11.9 Å². The van der Waals surface area contributed by atoms with Gasteiger partial charge in [-0.25, -0.2) is 4.98 Å². The number of anilines is 1. The number of hydrogen-bond donors (Lipinski definition) is 1. The monoisotopic (exact) mass is 255 g/mol. The van der Waals surface area contributed by atoms with Crippen LogP contribution in [-0.2, 0) is 0 Å². The van der Waals surface area contributed by atoms with Crippen LogP contribution in [0.5, 0.6) is 5.75 Å². The standard InChI is InChI=1S/C15H17N3O/c1-2-16-15-14(17-8-9-18-15)11-4-3-5-13(10-11)19-12-6-7-12/h3-5,8-10,12H,2,6-7H2,1H3,(H,16,18). The maximum atomic E-state index is 5.82. The highest BCUT2D eigenvalue weighted by Gasteiger charge is 2.23. The van der Waals surface area contributed by atoms with E-state index in [1.807, 2.05) is 31.2 Å². The summed E-state index contributed by atoms with van der Waals surface area (Å²) in [5, 5.41) is 3.23. The lowest BCUT2D eigenvalue weighted by atomic mass is 10.1. The molecule has 1 heterocycles. The molecular weight excluding hydrogens is 238 g/mol. The molecule has 0 unspecified atom stereocenters. The molecule has 1 N–H and O–H groups in total. The van der Waals surface area contributed by atoms with E-state index in [-0.39, 0.29) is 0 Å². The number of nitrogens with zero attached hydrogens (tertiary/aromatic N) is 2. The third-order valence-corrected chi connectivity index (χ3v) is 2.98. The molecule has 0 spiro atoms. The minimum absolute atomic E-state index is 0.408. The van der Waals surface area contributed by atoms with Gasteiger partial charge in [0.05, 0.1) is 6.10 Å². The Bertz CT molecular complexity index is 567. The molecule has 19 heavy (non-hydrogen) atoms. The largest absolute Gasteiger partial charge is 0.490 e. The van der Waals surface area contributed by atoms with E-state index in [1.165, 1.54) is 0 Å². The van der Waals surface area contributed by atoms with Gasteiger partial charge in [-0.05, 0) is 31.9 Å². The minimum Gasteiger partial charge on any atom is -0.490 e. The van der Waals surface area contributed by atoms with E-state index < -0.39 is 0 Å². The lowest BCUT2D eigenvalue weighted by Gasteiger charge is -2.10. The fourth-order valence-corrected chi connectivity index (χ4v) is 1.94. The number of ether oxygens (including phenoxy) is 1. The summed E-state index contributed by atoms with van der Waals surface area (Å²) in [6.07, 6.45) is 6.15. The SMILES string of the molecule is CCNc1nccnc1-c1cccc(OC2CC2)c1. The smallest absolute Gasteiger partial charge is 0.152 e. The molecule has 3 rings (SSSR count). The van der Waals surface area contributed by atoms with Crippen molar-refractivity contribution >= 4 is 5.82 Å². The van der Waals surface area contributed by atoms with Crippen molar-refractivity contribution in [3.8, 4) is 17.0 Å². The molecule has 0 saturated heterocycles. The van der Waals surface area contributed by atoms with E-state index >= 15 is 0 Å². The van der Waals surface area contributed by atoms with Crippen molar-refractivity contribution in [2.45, 2.75) is 25.9 Å². The molecule has 1 aliphatic rings. The van der Waals surface area contributed by atoms with Crippen LogP contribution in [0.3, 0.4) is 0 Å². The quantitative estimate of drug-likeness (QED) is 0.891.